The van der Waals surface area contributed by atoms with E-state index in [1.165, 1.54) is 16.1 Å². The number of fused-ring (bicyclic) bond motifs is 1. The largest absolute Gasteiger partial charge is 0.497 e. The molecule has 1 unspecified atom stereocenters. The van der Waals surface area contributed by atoms with E-state index in [0.717, 1.165) is 24.8 Å². The molecular weight excluding hydrogens is 418 g/mol. The van der Waals surface area contributed by atoms with Crippen LogP contribution in [0.2, 0.25) is 0 Å². The highest BCUT2D eigenvalue weighted by Crippen LogP contribution is 2.37. The van der Waals surface area contributed by atoms with E-state index in [9.17, 15) is 8.42 Å². The number of sulfonamides is 1. The summed E-state index contributed by atoms with van der Waals surface area (Å²) in [6.45, 7) is -0.00286. The molecule has 1 aromatic heterocycles. The van der Waals surface area contributed by atoms with E-state index >= 15 is 0 Å². The Morgan fingerprint density at radius 3 is 2.71 bits per heavy atom. The van der Waals surface area contributed by atoms with E-state index < -0.39 is 10.0 Å². The van der Waals surface area contributed by atoms with Gasteiger partial charge in [0.1, 0.15) is 11.5 Å². The van der Waals surface area contributed by atoms with Gasteiger partial charge in [0, 0.05) is 0 Å². The van der Waals surface area contributed by atoms with E-state index in [-0.39, 0.29) is 18.5 Å². The van der Waals surface area contributed by atoms with E-state index in [1.807, 2.05) is 18.2 Å². The third-order valence-corrected chi connectivity index (χ3v) is 6.75. The molecule has 0 spiro atoms. The third-order valence-electron chi connectivity index (χ3n) is 5.52. The summed E-state index contributed by atoms with van der Waals surface area (Å²) >= 11 is 0. The first-order valence-corrected chi connectivity index (χ1v) is 11.8. The van der Waals surface area contributed by atoms with Gasteiger partial charge in [-0.1, -0.05) is 29.4 Å². The Morgan fingerprint density at radius 2 is 1.97 bits per heavy atom. The lowest BCUT2D eigenvalue weighted by Gasteiger charge is -2.33. The number of benzene rings is 2. The Kier molecular flexibility index (Phi) is 5.97. The monoisotopic (exact) mass is 443 g/mol. The number of methoxy groups -OCH3 is 2. The molecule has 31 heavy (non-hydrogen) atoms. The molecule has 164 valence electrons. The van der Waals surface area contributed by atoms with Crippen LogP contribution in [0.3, 0.4) is 0 Å². The van der Waals surface area contributed by atoms with Crippen LogP contribution in [0.25, 0.3) is 11.4 Å². The first-order chi connectivity index (χ1) is 14.9. The highest BCUT2D eigenvalue weighted by Gasteiger charge is 2.33. The summed E-state index contributed by atoms with van der Waals surface area (Å²) in [6, 6.07) is 13.0. The van der Waals surface area contributed by atoms with E-state index in [1.54, 1.807) is 32.4 Å². The van der Waals surface area contributed by atoms with Crippen molar-refractivity contribution in [1.29, 1.82) is 0 Å². The molecule has 0 N–H and O–H groups in total. The van der Waals surface area contributed by atoms with Crippen LogP contribution < -0.4 is 9.47 Å². The van der Waals surface area contributed by atoms with Gasteiger partial charge in [-0.25, -0.2) is 8.42 Å². The van der Waals surface area contributed by atoms with Crippen LogP contribution in [-0.2, 0) is 23.0 Å². The molecule has 9 heteroatoms. The van der Waals surface area contributed by atoms with Gasteiger partial charge < -0.3 is 14.0 Å². The number of hydrogen-bond donors (Lipinski definition) is 0. The molecule has 1 aliphatic rings. The fraction of sp³-hybridized carbons (Fsp3) is 0.364. The molecule has 2 aromatic carbocycles. The molecular formula is C22H25N3O5S. The number of aryl methyl sites for hydroxylation is 1. The predicted molar refractivity (Wildman–Crippen MR) is 115 cm³/mol. The van der Waals surface area contributed by atoms with E-state index in [4.69, 9.17) is 14.0 Å². The average Bonchev–Trinajstić information content (AvgIpc) is 3.24. The Labute approximate surface area is 181 Å². The van der Waals surface area contributed by atoms with Crippen molar-refractivity contribution >= 4 is 10.0 Å². The van der Waals surface area contributed by atoms with Crippen LogP contribution in [0.1, 0.15) is 35.9 Å². The standard InChI is InChI=1S/C22H25N3O5S/c1-28-16-11-12-20(29-2)18(13-16)22-23-21(30-24-22)14-25(31(3,26)27)19-10-6-8-15-7-4-5-9-17(15)19/h4-5,7,9,11-13,19H,6,8,10,14H2,1-3H3. The Bertz CT molecular complexity index is 1180. The summed E-state index contributed by atoms with van der Waals surface area (Å²) in [4.78, 5) is 4.45. The zero-order chi connectivity index (χ0) is 22.0. The molecule has 0 fully saturated rings. The summed E-state index contributed by atoms with van der Waals surface area (Å²) in [6.07, 6.45) is 3.83. The average molecular weight is 444 g/mol. The minimum Gasteiger partial charge on any atom is -0.497 e. The molecule has 0 amide bonds. The number of hydrogen-bond acceptors (Lipinski definition) is 7. The van der Waals surface area contributed by atoms with Gasteiger partial charge in [0.2, 0.25) is 21.7 Å². The lowest BCUT2D eigenvalue weighted by Crippen LogP contribution is -2.35. The number of nitrogens with zero attached hydrogens (tertiary/aromatic N) is 3. The van der Waals surface area contributed by atoms with Crippen LogP contribution in [0.5, 0.6) is 11.5 Å². The second kappa shape index (κ2) is 8.68. The van der Waals surface area contributed by atoms with Gasteiger partial charge in [0.25, 0.3) is 0 Å². The van der Waals surface area contributed by atoms with Crippen molar-refractivity contribution in [2.75, 3.05) is 20.5 Å². The molecule has 3 aromatic rings. The number of ether oxygens (including phenoxy) is 2. The smallest absolute Gasteiger partial charge is 0.242 e. The maximum Gasteiger partial charge on any atom is 0.242 e. The predicted octanol–water partition coefficient (Wildman–Crippen LogP) is 3.59. The van der Waals surface area contributed by atoms with Gasteiger partial charge in [-0.15, -0.1) is 0 Å². The quantitative estimate of drug-likeness (QED) is 0.551. The molecule has 0 aliphatic heterocycles. The normalized spacial score (nSPS) is 16.2. The Balaban J connectivity index is 1.66. The molecule has 0 bridgehead atoms. The van der Waals surface area contributed by atoms with Gasteiger partial charge in [-0.05, 0) is 48.6 Å². The van der Waals surface area contributed by atoms with Gasteiger partial charge in [-0.2, -0.15) is 9.29 Å². The van der Waals surface area contributed by atoms with Gasteiger partial charge in [-0.3, -0.25) is 0 Å². The summed E-state index contributed by atoms with van der Waals surface area (Å²) in [5.41, 5.74) is 2.82. The maximum absolute atomic E-state index is 12.7. The van der Waals surface area contributed by atoms with Crippen molar-refractivity contribution in [3.05, 3.63) is 59.5 Å². The van der Waals surface area contributed by atoms with Gasteiger partial charge in [0.15, 0.2) is 0 Å². The van der Waals surface area contributed by atoms with Crippen LogP contribution in [-0.4, -0.2) is 43.3 Å². The fourth-order valence-corrected chi connectivity index (χ4v) is 5.06. The van der Waals surface area contributed by atoms with Crippen LogP contribution in [0, 0.1) is 0 Å². The molecule has 8 nitrogen and oxygen atoms in total. The molecule has 1 atom stereocenters. The highest BCUT2D eigenvalue weighted by molar-refractivity contribution is 7.88. The Hall–Kier alpha value is -2.91. The lowest BCUT2D eigenvalue weighted by atomic mass is 9.88. The minimum atomic E-state index is -3.52. The van der Waals surface area contributed by atoms with Crippen LogP contribution in [0.15, 0.2) is 47.0 Å². The van der Waals surface area contributed by atoms with Crippen LogP contribution >= 0.6 is 0 Å². The second-order valence-corrected chi connectivity index (χ2v) is 9.43. The lowest BCUT2D eigenvalue weighted by molar-refractivity contribution is 0.251. The van der Waals surface area contributed by atoms with Crippen molar-refractivity contribution in [2.45, 2.75) is 31.8 Å². The maximum atomic E-state index is 12.7. The van der Waals surface area contributed by atoms with Crippen molar-refractivity contribution in [3.8, 4) is 22.9 Å². The zero-order valence-corrected chi connectivity index (χ0v) is 18.6. The van der Waals surface area contributed by atoms with Gasteiger partial charge >= 0.3 is 0 Å². The topological polar surface area (TPSA) is 94.8 Å². The molecule has 0 saturated carbocycles. The van der Waals surface area contributed by atoms with E-state index in [0.29, 0.717) is 22.9 Å². The number of aromatic nitrogens is 2. The molecule has 0 saturated heterocycles. The molecule has 1 aliphatic carbocycles. The SMILES string of the molecule is COc1ccc(OC)c(-c2noc(CN(C3CCCc4ccccc43)S(C)(=O)=O)n2)c1. The van der Waals surface area contributed by atoms with Crippen molar-refractivity contribution in [3.63, 3.8) is 0 Å². The summed E-state index contributed by atoms with van der Waals surface area (Å²) in [7, 11) is -0.401. The van der Waals surface area contributed by atoms with Crippen molar-refractivity contribution in [1.82, 2.24) is 14.4 Å². The molecule has 1 heterocycles. The number of rotatable bonds is 7. The van der Waals surface area contributed by atoms with Crippen LogP contribution in [0.4, 0.5) is 0 Å². The summed E-state index contributed by atoms with van der Waals surface area (Å²) in [5.74, 6) is 1.71. The second-order valence-electron chi connectivity index (χ2n) is 7.49. The van der Waals surface area contributed by atoms with Gasteiger partial charge in [0.05, 0.1) is 38.6 Å². The molecule has 4 rings (SSSR count). The van der Waals surface area contributed by atoms with E-state index in [2.05, 4.69) is 16.2 Å². The fourth-order valence-electron chi connectivity index (χ4n) is 4.04. The molecule has 0 radical (unpaired) electrons. The van der Waals surface area contributed by atoms with Crippen molar-refractivity contribution in [2.24, 2.45) is 0 Å². The highest BCUT2D eigenvalue weighted by atomic mass is 32.2. The van der Waals surface area contributed by atoms with Crippen molar-refractivity contribution < 1.29 is 22.4 Å². The third kappa shape index (κ3) is 4.42. The first-order valence-electron chi connectivity index (χ1n) is 10.0. The summed E-state index contributed by atoms with van der Waals surface area (Å²) in [5, 5.41) is 4.05. The minimum absolute atomic E-state index is 0.00286. The first kappa shape index (κ1) is 21.3. The zero-order valence-electron chi connectivity index (χ0n) is 17.7. The summed E-state index contributed by atoms with van der Waals surface area (Å²) < 4.78 is 43.0. The Morgan fingerprint density at radius 1 is 1.16 bits per heavy atom.